The van der Waals surface area contributed by atoms with Crippen molar-refractivity contribution in [2.45, 2.75) is 13.8 Å². The van der Waals surface area contributed by atoms with Gasteiger partial charge in [-0.15, -0.1) is 0 Å². The van der Waals surface area contributed by atoms with Crippen molar-refractivity contribution in [3.8, 4) is 5.69 Å². The Hall–Kier alpha value is -3.21. The molecule has 0 radical (unpaired) electrons. The maximum absolute atomic E-state index is 12.7. The van der Waals surface area contributed by atoms with Crippen molar-refractivity contribution < 1.29 is 4.79 Å². The van der Waals surface area contributed by atoms with Crippen molar-refractivity contribution in [2.24, 2.45) is 0 Å². The summed E-state index contributed by atoms with van der Waals surface area (Å²) in [5, 5.41) is 11.3. The topological polar surface area (TPSA) is 59.8 Å². The minimum absolute atomic E-state index is 0.126. The summed E-state index contributed by atoms with van der Waals surface area (Å²) >= 11 is 0.126. The number of rotatable bonds is 5. The molecule has 0 bridgehead atoms. The van der Waals surface area contributed by atoms with E-state index in [2.05, 4.69) is 33.8 Å². The molecule has 1 heterocycles. The summed E-state index contributed by atoms with van der Waals surface area (Å²) in [7, 11) is 0. The molecule has 3 aromatic carbocycles. The van der Waals surface area contributed by atoms with E-state index in [0.717, 1.165) is 16.9 Å². The van der Waals surface area contributed by atoms with E-state index in [1.54, 1.807) is 4.68 Å². The van der Waals surface area contributed by atoms with Gasteiger partial charge in [0, 0.05) is 0 Å². The molecule has 0 unspecified atom stereocenters. The fourth-order valence-corrected chi connectivity index (χ4v) is 4.93. The Bertz CT molecular complexity index is 1140. The average Bonchev–Trinajstić information content (AvgIpc) is 3.12. The molecule has 0 fully saturated rings. The summed E-state index contributed by atoms with van der Waals surface area (Å²) in [6.45, 7) is 3.88. The van der Waals surface area contributed by atoms with Gasteiger partial charge >= 0.3 is 176 Å². The average molecular weight is 447 g/mol. The molecule has 1 N–H and O–H groups in total. The first-order chi connectivity index (χ1) is 14.1. The van der Waals surface area contributed by atoms with Gasteiger partial charge in [-0.1, -0.05) is 0 Å². The molecule has 0 aliphatic rings. The van der Waals surface area contributed by atoms with Gasteiger partial charge in [-0.05, 0) is 0 Å². The Balaban J connectivity index is 1.62. The Morgan fingerprint density at radius 1 is 0.897 bits per heavy atom. The number of aryl methyl sites for hydroxylation is 1. The fourth-order valence-electron chi connectivity index (χ4n) is 2.93. The third-order valence-electron chi connectivity index (χ3n) is 4.48. The summed E-state index contributed by atoms with van der Waals surface area (Å²) in [6, 6.07) is 26.2. The van der Waals surface area contributed by atoms with Crippen molar-refractivity contribution in [2.75, 3.05) is 5.32 Å². The number of carbonyl (C=O) groups excluding carboxylic acids is 1. The van der Waals surface area contributed by atoms with E-state index >= 15 is 0 Å². The molecule has 5 nitrogen and oxygen atoms in total. The van der Waals surface area contributed by atoms with Crippen molar-refractivity contribution in [1.82, 2.24) is 15.0 Å². The van der Waals surface area contributed by atoms with Gasteiger partial charge in [-0.25, -0.2) is 0 Å². The van der Waals surface area contributed by atoms with Gasteiger partial charge in [0.2, 0.25) is 0 Å². The second kappa shape index (κ2) is 8.43. The summed E-state index contributed by atoms with van der Waals surface area (Å²) < 4.78 is 4.22. The van der Waals surface area contributed by atoms with Crippen LogP contribution in [0, 0.1) is 13.8 Å². The third-order valence-corrected chi connectivity index (χ3v) is 6.73. The Morgan fingerprint density at radius 2 is 1.59 bits per heavy atom. The van der Waals surface area contributed by atoms with Crippen LogP contribution in [0.4, 0.5) is 5.69 Å². The molecule has 0 saturated heterocycles. The number of anilines is 1. The predicted molar refractivity (Wildman–Crippen MR) is 117 cm³/mol. The van der Waals surface area contributed by atoms with Gasteiger partial charge in [0.1, 0.15) is 0 Å². The molecule has 1 amide bonds. The molecular formula is C23H20N4OSe. The van der Waals surface area contributed by atoms with Crippen LogP contribution in [0.15, 0.2) is 78.9 Å². The Kier molecular flexibility index (Phi) is 5.56. The number of nitrogens with one attached hydrogen (secondary N) is 1. The monoisotopic (exact) mass is 448 g/mol. The van der Waals surface area contributed by atoms with E-state index in [-0.39, 0.29) is 20.9 Å². The number of carbonyl (C=O) groups is 1. The van der Waals surface area contributed by atoms with Gasteiger partial charge in [0.25, 0.3) is 0 Å². The molecule has 0 saturated carbocycles. The van der Waals surface area contributed by atoms with E-state index in [1.807, 2.05) is 74.5 Å². The summed E-state index contributed by atoms with van der Waals surface area (Å²) in [6.07, 6.45) is 0. The second-order valence-electron chi connectivity index (χ2n) is 6.64. The number of hydrogen-bond donors (Lipinski definition) is 1. The molecule has 6 heteroatoms. The van der Waals surface area contributed by atoms with Crippen LogP contribution in [0.2, 0.25) is 0 Å². The van der Waals surface area contributed by atoms with E-state index in [9.17, 15) is 4.79 Å². The number of para-hydroxylation sites is 1. The van der Waals surface area contributed by atoms with Crippen LogP contribution in [0.25, 0.3) is 5.69 Å². The molecule has 4 rings (SSSR count). The number of hydrogen-bond acceptors (Lipinski definition) is 3. The van der Waals surface area contributed by atoms with Crippen molar-refractivity contribution in [3.05, 3.63) is 95.8 Å². The fraction of sp³-hybridized carbons (Fsp3) is 0.0870. The quantitative estimate of drug-likeness (QED) is 0.479. The predicted octanol–water partition coefficient (Wildman–Crippen LogP) is 2.79. The standard InChI is InChI=1S/C23H20N4OSe/c1-16-12-14-18(15-13-16)24-23(28)22-17(2)27(26-25-22)20-10-6-7-11-21(20)29-19-8-4-3-5-9-19/h3-15H,1-2H3,(H,24,28). The van der Waals surface area contributed by atoms with E-state index in [4.69, 9.17) is 0 Å². The van der Waals surface area contributed by atoms with Crippen LogP contribution >= 0.6 is 0 Å². The molecule has 29 heavy (non-hydrogen) atoms. The first-order valence-electron chi connectivity index (χ1n) is 9.24. The SMILES string of the molecule is Cc1ccc(NC(=O)c2nnn(-c3ccccc3[Se]c3ccccc3)c2C)cc1. The molecule has 4 aromatic rings. The van der Waals surface area contributed by atoms with Crippen LogP contribution in [0.3, 0.4) is 0 Å². The van der Waals surface area contributed by atoms with E-state index < -0.39 is 0 Å². The number of nitrogens with zero attached hydrogens (tertiary/aromatic N) is 3. The Labute approximate surface area is 175 Å². The van der Waals surface area contributed by atoms with Crippen LogP contribution < -0.4 is 14.2 Å². The zero-order chi connectivity index (χ0) is 20.2. The first-order valence-corrected chi connectivity index (χ1v) is 11.0. The first kappa shape index (κ1) is 19.1. The summed E-state index contributed by atoms with van der Waals surface area (Å²) in [5.74, 6) is -0.261. The van der Waals surface area contributed by atoms with Crippen molar-refractivity contribution in [1.29, 1.82) is 0 Å². The van der Waals surface area contributed by atoms with Gasteiger partial charge in [0.05, 0.1) is 0 Å². The van der Waals surface area contributed by atoms with Crippen LogP contribution in [-0.2, 0) is 0 Å². The molecule has 0 atom stereocenters. The van der Waals surface area contributed by atoms with Crippen molar-refractivity contribution >= 4 is 35.5 Å². The molecule has 1 aromatic heterocycles. The molecule has 144 valence electrons. The maximum atomic E-state index is 12.7. The summed E-state index contributed by atoms with van der Waals surface area (Å²) in [5.41, 5.74) is 3.87. The normalized spacial score (nSPS) is 10.7. The van der Waals surface area contributed by atoms with Gasteiger partial charge in [0.15, 0.2) is 0 Å². The second-order valence-corrected chi connectivity index (χ2v) is 8.98. The van der Waals surface area contributed by atoms with E-state index in [0.29, 0.717) is 11.4 Å². The molecular weight excluding hydrogens is 427 g/mol. The van der Waals surface area contributed by atoms with Crippen molar-refractivity contribution in [3.63, 3.8) is 0 Å². The zero-order valence-corrected chi connectivity index (χ0v) is 17.9. The molecule has 0 aliphatic carbocycles. The zero-order valence-electron chi connectivity index (χ0n) is 16.2. The van der Waals surface area contributed by atoms with Gasteiger partial charge in [-0.2, -0.15) is 0 Å². The summed E-state index contributed by atoms with van der Waals surface area (Å²) in [4.78, 5) is 12.7. The number of aromatic nitrogens is 3. The minimum atomic E-state index is -0.261. The van der Waals surface area contributed by atoms with Crippen LogP contribution in [-0.4, -0.2) is 35.9 Å². The van der Waals surface area contributed by atoms with E-state index in [1.165, 1.54) is 8.92 Å². The number of amides is 1. The van der Waals surface area contributed by atoms with Crippen LogP contribution in [0.5, 0.6) is 0 Å². The van der Waals surface area contributed by atoms with Gasteiger partial charge < -0.3 is 0 Å². The third kappa shape index (κ3) is 4.29. The number of benzene rings is 3. The molecule has 0 aliphatic heterocycles. The molecule has 0 spiro atoms. The Morgan fingerprint density at radius 3 is 2.34 bits per heavy atom. The van der Waals surface area contributed by atoms with Gasteiger partial charge in [-0.3, -0.25) is 0 Å². The van der Waals surface area contributed by atoms with Crippen LogP contribution in [0.1, 0.15) is 21.7 Å².